The first-order chi connectivity index (χ1) is 13.5. The van der Waals surface area contributed by atoms with E-state index in [2.05, 4.69) is 10.4 Å². The Morgan fingerprint density at radius 2 is 1.86 bits per heavy atom. The summed E-state index contributed by atoms with van der Waals surface area (Å²) in [6.07, 6.45) is 1.48. The third-order valence-corrected chi connectivity index (χ3v) is 4.65. The molecule has 0 atom stereocenters. The molecule has 1 N–H and O–H groups in total. The van der Waals surface area contributed by atoms with Crippen LogP contribution in [0.15, 0.2) is 60.2 Å². The summed E-state index contributed by atoms with van der Waals surface area (Å²) in [5.41, 5.74) is 4.03. The van der Waals surface area contributed by atoms with Crippen LogP contribution in [-0.2, 0) is 11.3 Å². The molecular weight excluding hydrogens is 372 g/mol. The van der Waals surface area contributed by atoms with Crippen LogP contribution in [0.2, 0.25) is 5.15 Å². The van der Waals surface area contributed by atoms with Crippen molar-refractivity contribution in [3.63, 3.8) is 0 Å². The summed E-state index contributed by atoms with van der Waals surface area (Å²) in [4.78, 5) is 12.4. The monoisotopic (exact) mass is 390 g/mol. The van der Waals surface area contributed by atoms with Crippen LogP contribution in [0.3, 0.4) is 0 Å². The van der Waals surface area contributed by atoms with Crippen molar-refractivity contribution in [3.05, 3.63) is 87.7 Å². The Morgan fingerprint density at radius 1 is 1.18 bits per heavy atom. The molecule has 6 heteroatoms. The number of hydrogen-bond acceptors (Lipinski definition) is 3. The van der Waals surface area contributed by atoms with Crippen molar-refractivity contribution in [1.29, 1.82) is 5.26 Å². The molecule has 140 valence electrons. The van der Waals surface area contributed by atoms with Gasteiger partial charge < -0.3 is 5.32 Å². The summed E-state index contributed by atoms with van der Waals surface area (Å²) in [6, 6.07) is 19.0. The highest BCUT2D eigenvalue weighted by atomic mass is 35.5. The molecule has 1 aromatic heterocycles. The first-order valence-corrected chi connectivity index (χ1v) is 9.12. The van der Waals surface area contributed by atoms with Crippen molar-refractivity contribution in [2.75, 3.05) is 5.32 Å². The van der Waals surface area contributed by atoms with Crippen molar-refractivity contribution < 1.29 is 4.79 Å². The van der Waals surface area contributed by atoms with Gasteiger partial charge in [0.2, 0.25) is 0 Å². The molecule has 2 aromatic carbocycles. The zero-order valence-electron chi connectivity index (χ0n) is 15.6. The number of carbonyl (C=O) groups excluding carboxylic acids is 1. The number of amides is 1. The van der Waals surface area contributed by atoms with Gasteiger partial charge in [-0.15, -0.1) is 0 Å². The maximum Gasteiger partial charge on any atom is 0.266 e. The van der Waals surface area contributed by atoms with Crippen LogP contribution in [0.4, 0.5) is 5.69 Å². The lowest BCUT2D eigenvalue weighted by Crippen LogP contribution is -2.13. The molecule has 1 heterocycles. The van der Waals surface area contributed by atoms with E-state index in [1.54, 1.807) is 23.7 Å². The molecule has 0 unspecified atom stereocenters. The molecule has 0 saturated carbocycles. The van der Waals surface area contributed by atoms with Gasteiger partial charge in [0.1, 0.15) is 16.8 Å². The average Bonchev–Trinajstić information content (AvgIpc) is 2.95. The van der Waals surface area contributed by atoms with Gasteiger partial charge >= 0.3 is 0 Å². The van der Waals surface area contributed by atoms with E-state index in [1.807, 2.05) is 55.5 Å². The molecular formula is C22H19ClN4O. The van der Waals surface area contributed by atoms with E-state index in [1.165, 1.54) is 11.6 Å². The molecule has 0 aliphatic carbocycles. The smallest absolute Gasteiger partial charge is 0.266 e. The van der Waals surface area contributed by atoms with Gasteiger partial charge in [-0.05, 0) is 37.6 Å². The van der Waals surface area contributed by atoms with Crippen LogP contribution in [0, 0.1) is 25.2 Å². The third-order valence-electron chi connectivity index (χ3n) is 4.25. The van der Waals surface area contributed by atoms with E-state index in [4.69, 9.17) is 11.6 Å². The molecule has 3 rings (SSSR count). The number of para-hydroxylation sites is 1. The molecule has 0 radical (unpaired) electrons. The number of benzene rings is 2. The molecule has 0 saturated heterocycles. The minimum Gasteiger partial charge on any atom is -0.321 e. The van der Waals surface area contributed by atoms with E-state index in [9.17, 15) is 10.1 Å². The SMILES string of the molecule is Cc1ccc(Cn2nc(C)c(/C=C(\C#N)C(=O)Nc3ccccc3)c2Cl)cc1. The lowest BCUT2D eigenvalue weighted by atomic mass is 10.1. The van der Waals surface area contributed by atoms with E-state index in [0.717, 1.165) is 5.56 Å². The average molecular weight is 391 g/mol. The Bertz CT molecular complexity index is 1060. The normalized spacial score (nSPS) is 11.1. The number of rotatable bonds is 5. The van der Waals surface area contributed by atoms with Gasteiger partial charge in [-0.1, -0.05) is 59.6 Å². The van der Waals surface area contributed by atoms with Gasteiger partial charge in [0.05, 0.1) is 12.2 Å². The van der Waals surface area contributed by atoms with Gasteiger partial charge in [0, 0.05) is 11.3 Å². The lowest BCUT2D eigenvalue weighted by molar-refractivity contribution is -0.112. The Balaban J connectivity index is 1.85. The van der Waals surface area contributed by atoms with Crippen molar-refractivity contribution in [3.8, 4) is 6.07 Å². The first kappa shape index (κ1) is 19.4. The number of aromatic nitrogens is 2. The quantitative estimate of drug-likeness (QED) is 0.505. The second kappa shape index (κ2) is 8.55. The highest BCUT2D eigenvalue weighted by Gasteiger charge is 2.16. The Morgan fingerprint density at radius 3 is 2.50 bits per heavy atom. The second-order valence-electron chi connectivity index (χ2n) is 6.42. The maximum atomic E-state index is 12.4. The summed E-state index contributed by atoms with van der Waals surface area (Å²) in [6.45, 7) is 4.33. The summed E-state index contributed by atoms with van der Waals surface area (Å²) in [5.74, 6) is -0.490. The Labute approximate surface area is 168 Å². The molecule has 1 amide bonds. The number of hydrogen-bond donors (Lipinski definition) is 1. The summed E-state index contributed by atoms with van der Waals surface area (Å²) < 4.78 is 1.66. The predicted octanol–water partition coefficient (Wildman–Crippen LogP) is 4.75. The van der Waals surface area contributed by atoms with Crippen LogP contribution < -0.4 is 5.32 Å². The van der Waals surface area contributed by atoms with Crippen LogP contribution in [0.25, 0.3) is 6.08 Å². The number of nitrogens with zero attached hydrogens (tertiary/aromatic N) is 3. The molecule has 5 nitrogen and oxygen atoms in total. The highest BCUT2D eigenvalue weighted by Crippen LogP contribution is 2.24. The van der Waals surface area contributed by atoms with Gasteiger partial charge in [0.25, 0.3) is 5.91 Å². The van der Waals surface area contributed by atoms with Crippen LogP contribution >= 0.6 is 11.6 Å². The van der Waals surface area contributed by atoms with Crippen molar-refractivity contribution in [2.24, 2.45) is 0 Å². The van der Waals surface area contributed by atoms with Crippen molar-refractivity contribution in [1.82, 2.24) is 9.78 Å². The largest absolute Gasteiger partial charge is 0.321 e. The lowest BCUT2D eigenvalue weighted by Gasteiger charge is -2.05. The number of halogens is 1. The molecule has 0 fully saturated rings. The molecule has 28 heavy (non-hydrogen) atoms. The summed E-state index contributed by atoms with van der Waals surface area (Å²) in [5, 5.41) is 17.0. The van der Waals surface area contributed by atoms with E-state index in [-0.39, 0.29) is 5.57 Å². The summed E-state index contributed by atoms with van der Waals surface area (Å²) in [7, 11) is 0. The van der Waals surface area contributed by atoms with Gasteiger partial charge in [-0.25, -0.2) is 4.68 Å². The van der Waals surface area contributed by atoms with E-state index in [0.29, 0.717) is 28.6 Å². The van der Waals surface area contributed by atoms with Crippen LogP contribution in [-0.4, -0.2) is 15.7 Å². The number of nitriles is 1. The summed E-state index contributed by atoms with van der Waals surface area (Å²) >= 11 is 6.49. The van der Waals surface area contributed by atoms with E-state index < -0.39 is 5.91 Å². The molecule has 0 spiro atoms. The second-order valence-corrected chi connectivity index (χ2v) is 6.78. The van der Waals surface area contributed by atoms with Crippen LogP contribution in [0.5, 0.6) is 0 Å². The number of nitrogens with one attached hydrogen (secondary N) is 1. The molecule has 0 bridgehead atoms. The fourth-order valence-corrected chi connectivity index (χ4v) is 3.00. The highest BCUT2D eigenvalue weighted by molar-refractivity contribution is 6.31. The molecule has 3 aromatic rings. The van der Waals surface area contributed by atoms with Crippen molar-refractivity contribution in [2.45, 2.75) is 20.4 Å². The zero-order valence-corrected chi connectivity index (χ0v) is 16.4. The topological polar surface area (TPSA) is 70.7 Å². The number of carbonyl (C=O) groups is 1. The maximum absolute atomic E-state index is 12.4. The zero-order chi connectivity index (χ0) is 20.1. The van der Waals surface area contributed by atoms with Crippen LogP contribution in [0.1, 0.15) is 22.4 Å². The minimum absolute atomic E-state index is 0.0382. The standard InChI is InChI=1S/C22H19ClN4O/c1-15-8-10-17(11-9-15)14-27-21(23)20(16(2)26-27)12-18(13-24)22(28)25-19-6-4-3-5-7-19/h3-12H,14H2,1-2H3,(H,25,28)/b18-12+. The predicted molar refractivity (Wildman–Crippen MR) is 111 cm³/mol. The minimum atomic E-state index is -0.490. The molecule has 0 aliphatic rings. The van der Waals surface area contributed by atoms with Crippen molar-refractivity contribution >= 4 is 29.3 Å². The van der Waals surface area contributed by atoms with Gasteiger partial charge in [-0.2, -0.15) is 10.4 Å². The fraction of sp³-hybridized carbons (Fsp3) is 0.136. The number of anilines is 1. The first-order valence-electron chi connectivity index (χ1n) is 8.74. The number of aryl methyl sites for hydroxylation is 2. The Kier molecular flexibility index (Phi) is 5.93. The fourth-order valence-electron chi connectivity index (χ4n) is 2.72. The van der Waals surface area contributed by atoms with E-state index >= 15 is 0 Å². The third kappa shape index (κ3) is 4.48. The molecule has 0 aliphatic heterocycles. The van der Waals surface area contributed by atoms with Gasteiger partial charge in [-0.3, -0.25) is 4.79 Å². The Hall–Kier alpha value is -3.36. The van der Waals surface area contributed by atoms with Gasteiger partial charge in [0.15, 0.2) is 0 Å².